The molecule has 0 aliphatic heterocycles. The molecule has 1 heterocycles. The van der Waals surface area contributed by atoms with Crippen LogP contribution in [0.1, 0.15) is 62.7 Å². The molecule has 3 rings (SSSR count). The normalized spacial score (nSPS) is 19.5. The van der Waals surface area contributed by atoms with Gasteiger partial charge in [-0.05, 0) is 44.1 Å². The largest absolute Gasteiger partial charge is 0.354 e. The highest BCUT2D eigenvalue weighted by Crippen LogP contribution is 2.27. The number of nitrogens with one attached hydrogen (secondary N) is 2. The smallest absolute Gasteiger partial charge is 0.192 e. The number of aromatic nitrogens is 3. The topological polar surface area (TPSA) is 67.1 Å². The minimum atomic E-state index is 0. The molecule has 0 radical (unpaired) electrons. The minimum absolute atomic E-state index is 0. The van der Waals surface area contributed by atoms with E-state index in [0.717, 1.165) is 23.5 Å². The Morgan fingerprint density at radius 2 is 1.86 bits per heavy atom. The Morgan fingerprint density at radius 1 is 1.14 bits per heavy atom. The maximum atomic E-state index is 4.83. The molecule has 6 nitrogen and oxygen atoms in total. The van der Waals surface area contributed by atoms with E-state index in [1.54, 1.807) is 0 Å². The molecule has 7 heteroatoms. The third-order valence-corrected chi connectivity index (χ3v) is 5.74. The molecule has 1 aliphatic carbocycles. The van der Waals surface area contributed by atoms with E-state index >= 15 is 0 Å². The summed E-state index contributed by atoms with van der Waals surface area (Å²) in [7, 11) is 2.00. The van der Waals surface area contributed by atoms with Crippen molar-refractivity contribution in [3.05, 3.63) is 47.5 Å². The number of halogens is 1. The van der Waals surface area contributed by atoms with Gasteiger partial charge in [-0.2, -0.15) is 0 Å². The maximum absolute atomic E-state index is 4.83. The molecule has 0 amide bonds. The molecule has 0 saturated heterocycles. The van der Waals surface area contributed by atoms with E-state index in [0.29, 0.717) is 19.1 Å². The van der Waals surface area contributed by atoms with Gasteiger partial charge in [0.1, 0.15) is 5.82 Å². The standard InChI is InChI=1S/C22H34N6.HI/c1-4-8-18-11-13-20(14-12-18)25-22(23-15-19-9-6-5-7-10-19)24-16-21-27-26-17(2)28(21)3;/h5-7,9-10,18,20H,4,8,11-16H2,1-3H3,(H2,23,24,25);1H. The summed E-state index contributed by atoms with van der Waals surface area (Å²) in [5.74, 6) is 3.60. The first-order valence-corrected chi connectivity index (χ1v) is 10.6. The van der Waals surface area contributed by atoms with Gasteiger partial charge in [0, 0.05) is 13.1 Å². The lowest BCUT2D eigenvalue weighted by Crippen LogP contribution is -2.45. The lowest BCUT2D eigenvalue weighted by atomic mass is 9.83. The first-order chi connectivity index (χ1) is 13.7. The van der Waals surface area contributed by atoms with Crippen LogP contribution in [0.3, 0.4) is 0 Å². The average molecular weight is 510 g/mol. The van der Waals surface area contributed by atoms with Crippen LogP contribution in [-0.2, 0) is 20.1 Å². The highest BCUT2D eigenvalue weighted by atomic mass is 127. The van der Waals surface area contributed by atoms with Crippen LogP contribution >= 0.6 is 24.0 Å². The molecule has 1 aromatic heterocycles. The molecule has 0 atom stereocenters. The van der Waals surface area contributed by atoms with Crippen LogP contribution in [0, 0.1) is 12.8 Å². The monoisotopic (exact) mass is 510 g/mol. The average Bonchev–Trinajstić information content (AvgIpc) is 3.04. The number of aliphatic imine (C=N–C) groups is 1. The van der Waals surface area contributed by atoms with Crippen molar-refractivity contribution in [2.45, 2.75) is 71.5 Å². The Bertz CT molecular complexity index is 750. The fraction of sp³-hybridized carbons (Fsp3) is 0.591. The number of nitrogens with zero attached hydrogens (tertiary/aromatic N) is 4. The quantitative estimate of drug-likeness (QED) is 0.331. The zero-order valence-corrected chi connectivity index (χ0v) is 20.2. The van der Waals surface area contributed by atoms with Crippen molar-refractivity contribution in [3.63, 3.8) is 0 Å². The molecule has 1 saturated carbocycles. The number of hydrogen-bond acceptors (Lipinski definition) is 3. The van der Waals surface area contributed by atoms with E-state index in [9.17, 15) is 0 Å². The SMILES string of the molecule is CCCC1CCC(NC(=NCc2ccccc2)NCc2nnc(C)n2C)CC1.I. The predicted octanol–water partition coefficient (Wildman–Crippen LogP) is 4.34. The lowest BCUT2D eigenvalue weighted by Gasteiger charge is -2.30. The van der Waals surface area contributed by atoms with Gasteiger partial charge in [0.05, 0.1) is 13.1 Å². The van der Waals surface area contributed by atoms with Gasteiger partial charge in [-0.25, -0.2) is 4.99 Å². The van der Waals surface area contributed by atoms with Gasteiger partial charge in [-0.1, -0.05) is 50.1 Å². The third-order valence-electron chi connectivity index (χ3n) is 5.74. The molecule has 0 unspecified atom stereocenters. The molecule has 29 heavy (non-hydrogen) atoms. The summed E-state index contributed by atoms with van der Waals surface area (Å²) in [5.41, 5.74) is 1.21. The molecule has 160 valence electrons. The van der Waals surface area contributed by atoms with Crippen LogP contribution in [0.5, 0.6) is 0 Å². The van der Waals surface area contributed by atoms with Crippen LogP contribution in [-0.4, -0.2) is 26.8 Å². The van der Waals surface area contributed by atoms with Gasteiger partial charge in [0.2, 0.25) is 0 Å². The fourth-order valence-electron chi connectivity index (χ4n) is 3.87. The predicted molar refractivity (Wildman–Crippen MR) is 129 cm³/mol. The summed E-state index contributed by atoms with van der Waals surface area (Å²) in [5, 5.41) is 15.5. The highest BCUT2D eigenvalue weighted by molar-refractivity contribution is 14.0. The van der Waals surface area contributed by atoms with Crippen LogP contribution in [0.2, 0.25) is 0 Å². The lowest BCUT2D eigenvalue weighted by molar-refractivity contribution is 0.294. The van der Waals surface area contributed by atoms with E-state index in [1.165, 1.54) is 44.1 Å². The first-order valence-electron chi connectivity index (χ1n) is 10.6. The Morgan fingerprint density at radius 3 is 2.48 bits per heavy atom. The number of rotatable bonds is 7. The van der Waals surface area contributed by atoms with Crippen LogP contribution in [0.4, 0.5) is 0 Å². The summed E-state index contributed by atoms with van der Waals surface area (Å²) < 4.78 is 2.01. The van der Waals surface area contributed by atoms with Crippen molar-refractivity contribution in [2.75, 3.05) is 0 Å². The van der Waals surface area contributed by atoms with Gasteiger partial charge in [0.25, 0.3) is 0 Å². The van der Waals surface area contributed by atoms with E-state index in [4.69, 9.17) is 4.99 Å². The zero-order chi connectivity index (χ0) is 19.8. The fourth-order valence-corrected chi connectivity index (χ4v) is 3.87. The Balaban J connectivity index is 0.00000300. The van der Waals surface area contributed by atoms with Crippen LogP contribution in [0.15, 0.2) is 35.3 Å². The van der Waals surface area contributed by atoms with E-state index in [2.05, 4.69) is 52.0 Å². The second-order valence-corrected chi connectivity index (χ2v) is 7.88. The van der Waals surface area contributed by atoms with Crippen molar-refractivity contribution in [1.82, 2.24) is 25.4 Å². The van der Waals surface area contributed by atoms with Gasteiger partial charge >= 0.3 is 0 Å². The van der Waals surface area contributed by atoms with Crippen molar-refractivity contribution in [2.24, 2.45) is 18.0 Å². The molecule has 2 aromatic rings. The van der Waals surface area contributed by atoms with Crippen molar-refractivity contribution >= 4 is 29.9 Å². The highest BCUT2D eigenvalue weighted by Gasteiger charge is 2.21. The summed E-state index contributed by atoms with van der Waals surface area (Å²) in [6, 6.07) is 10.9. The van der Waals surface area contributed by atoms with Crippen LogP contribution < -0.4 is 10.6 Å². The molecule has 1 fully saturated rings. The first kappa shape index (κ1) is 23.6. The summed E-state index contributed by atoms with van der Waals surface area (Å²) in [6.07, 6.45) is 7.75. The minimum Gasteiger partial charge on any atom is -0.354 e. The van der Waals surface area contributed by atoms with Gasteiger partial charge < -0.3 is 15.2 Å². The molecular formula is C22H35IN6. The van der Waals surface area contributed by atoms with Crippen molar-refractivity contribution in [1.29, 1.82) is 0 Å². The Hall–Kier alpha value is -1.64. The van der Waals surface area contributed by atoms with E-state index in [-0.39, 0.29) is 24.0 Å². The molecule has 1 aromatic carbocycles. The number of hydrogen-bond donors (Lipinski definition) is 2. The van der Waals surface area contributed by atoms with Gasteiger partial charge in [0.15, 0.2) is 11.8 Å². The maximum Gasteiger partial charge on any atom is 0.192 e. The second-order valence-electron chi connectivity index (χ2n) is 7.88. The van der Waals surface area contributed by atoms with Gasteiger partial charge in [-0.3, -0.25) is 0 Å². The molecule has 2 N–H and O–H groups in total. The number of benzene rings is 1. The second kappa shape index (κ2) is 12.1. The van der Waals surface area contributed by atoms with E-state index in [1.807, 2.05) is 24.6 Å². The number of aryl methyl sites for hydroxylation is 1. The van der Waals surface area contributed by atoms with Gasteiger partial charge in [-0.15, -0.1) is 34.2 Å². The van der Waals surface area contributed by atoms with Crippen molar-refractivity contribution < 1.29 is 0 Å². The molecule has 0 spiro atoms. The molecule has 0 bridgehead atoms. The summed E-state index contributed by atoms with van der Waals surface area (Å²) in [6.45, 7) is 5.53. The molecular weight excluding hydrogens is 475 g/mol. The van der Waals surface area contributed by atoms with Crippen molar-refractivity contribution in [3.8, 4) is 0 Å². The van der Waals surface area contributed by atoms with Crippen LogP contribution in [0.25, 0.3) is 0 Å². The third kappa shape index (κ3) is 7.28. The van der Waals surface area contributed by atoms with E-state index < -0.39 is 0 Å². The Kier molecular flexibility index (Phi) is 9.90. The molecule has 1 aliphatic rings. The number of guanidine groups is 1. The Labute approximate surface area is 192 Å². The summed E-state index contributed by atoms with van der Waals surface area (Å²) in [4.78, 5) is 4.83. The summed E-state index contributed by atoms with van der Waals surface area (Å²) >= 11 is 0. The zero-order valence-electron chi connectivity index (χ0n) is 17.9.